The van der Waals surface area contributed by atoms with Crippen molar-refractivity contribution in [1.29, 1.82) is 0 Å². The van der Waals surface area contributed by atoms with Crippen molar-refractivity contribution in [2.24, 2.45) is 5.73 Å². The Kier molecular flexibility index (Phi) is 5.88. The zero-order valence-corrected chi connectivity index (χ0v) is 10.8. The van der Waals surface area contributed by atoms with E-state index in [-0.39, 0.29) is 29.9 Å². The van der Waals surface area contributed by atoms with Crippen LogP contribution in [0.4, 0.5) is 0 Å². The molecule has 0 aliphatic carbocycles. The van der Waals surface area contributed by atoms with Gasteiger partial charge in [0.25, 0.3) is 0 Å². The van der Waals surface area contributed by atoms with Crippen LogP contribution in [0.1, 0.15) is 12.6 Å². The fourth-order valence-corrected chi connectivity index (χ4v) is 2.19. The highest BCUT2D eigenvalue weighted by Gasteiger charge is 2.16. The first-order valence-corrected chi connectivity index (χ1v) is 6.09. The molecule has 7 heteroatoms. The number of sulfonamides is 1. The van der Waals surface area contributed by atoms with E-state index in [0.717, 1.165) is 5.69 Å². The average Bonchev–Trinajstić information content (AvgIpc) is 2.17. The topological polar surface area (TPSA) is 85.1 Å². The molecule has 0 spiro atoms. The second-order valence-corrected chi connectivity index (χ2v) is 5.11. The normalized spacial score (nSPS) is 12.9. The summed E-state index contributed by atoms with van der Waals surface area (Å²) in [5, 5.41) is 0. The molecule has 0 bridgehead atoms. The van der Waals surface area contributed by atoms with E-state index in [2.05, 4.69) is 9.71 Å². The SMILES string of the molecule is Cc1ccc(S(=O)(=O)N[C@@H](C)CN)cn1.Cl. The Hall–Kier alpha value is -0.690. The van der Waals surface area contributed by atoms with Gasteiger partial charge in [0.2, 0.25) is 10.0 Å². The molecule has 0 aliphatic rings. The molecule has 1 aromatic rings. The second kappa shape index (κ2) is 6.15. The smallest absolute Gasteiger partial charge is 0.242 e. The minimum absolute atomic E-state index is 0. The zero-order chi connectivity index (χ0) is 11.5. The first kappa shape index (κ1) is 15.3. The molecule has 92 valence electrons. The van der Waals surface area contributed by atoms with Gasteiger partial charge in [0, 0.05) is 24.5 Å². The van der Waals surface area contributed by atoms with E-state index in [1.807, 2.05) is 0 Å². The summed E-state index contributed by atoms with van der Waals surface area (Å²) in [4.78, 5) is 4.09. The molecule has 3 N–H and O–H groups in total. The molecule has 0 aromatic carbocycles. The van der Waals surface area contributed by atoms with Crippen LogP contribution in [-0.4, -0.2) is 26.0 Å². The summed E-state index contributed by atoms with van der Waals surface area (Å²) in [6.07, 6.45) is 1.33. The van der Waals surface area contributed by atoms with Crippen molar-refractivity contribution >= 4 is 22.4 Å². The van der Waals surface area contributed by atoms with Crippen LogP contribution in [-0.2, 0) is 10.0 Å². The number of nitrogens with two attached hydrogens (primary N) is 1. The molecule has 5 nitrogen and oxygen atoms in total. The molecule has 1 heterocycles. The summed E-state index contributed by atoms with van der Waals surface area (Å²) in [6.45, 7) is 3.77. The number of pyridine rings is 1. The number of aromatic nitrogens is 1. The Morgan fingerprint density at radius 2 is 2.12 bits per heavy atom. The lowest BCUT2D eigenvalue weighted by Gasteiger charge is -2.11. The first-order valence-electron chi connectivity index (χ1n) is 4.61. The van der Waals surface area contributed by atoms with Gasteiger partial charge < -0.3 is 5.73 Å². The highest BCUT2D eigenvalue weighted by Crippen LogP contribution is 2.07. The third-order valence-corrected chi connectivity index (χ3v) is 3.48. The predicted octanol–water partition coefficient (Wildman–Crippen LogP) is 0.437. The lowest BCUT2D eigenvalue weighted by atomic mass is 10.4. The van der Waals surface area contributed by atoms with Crippen molar-refractivity contribution in [3.8, 4) is 0 Å². The number of hydrogen-bond donors (Lipinski definition) is 2. The fraction of sp³-hybridized carbons (Fsp3) is 0.444. The maximum atomic E-state index is 11.7. The lowest BCUT2D eigenvalue weighted by molar-refractivity contribution is 0.562. The Balaban J connectivity index is 0.00000225. The molecule has 1 rings (SSSR count). The fourth-order valence-electron chi connectivity index (χ4n) is 0.994. The molecule has 0 aliphatic heterocycles. The average molecular weight is 266 g/mol. The van der Waals surface area contributed by atoms with E-state index in [9.17, 15) is 8.42 Å². The number of rotatable bonds is 4. The maximum Gasteiger partial charge on any atom is 0.242 e. The maximum absolute atomic E-state index is 11.7. The van der Waals surface area contributed by atoms with E-state index < -0.39 is 10.0 Å². The van der Waals surface area contributed by atoms with Crippen molar-refractivity contribution in [3.05, 3.63) is 24.0 Å². The standard InChI is InChI=1S/C9H15N3O2S.ClH/c1-7-3-4-9(6-11-7)15(13,14)12-8(2)5-10;/h3-4,6,8,12H,5,10H2,1-2H3;1H/t8-;/m0./s1. The number of nitrogens with one attached hydrogen (secondary N) is 1. The van der Waals surface area contributed by atoms with Gasteiger partial charge in [-0.2, -0.15) is 0 Å². The van der Waals surface area contributed by atoms with Crippen molar-refractivity contribution < 1.29 is 8.42 Å². The van der Waals surface area contributed by atoms with Crippen LogP contribution in [0.2, 0.25) is 0 Å². The van der Waals surface area contributed by atoms with Gasteiger partial charge in [-0.25, -0.2) is 13.1 Å². The van der Waals surface area contributed by atoms with Gasteiger partial charge in [-0.15, -0.1) is 12.4 Å². The second-order valence-electron chi connectivity index (χ2n) is 3.39. The molecular formula is C9H16ClN3O2S. The van der Waals surface area contributed by atoms with E-state index in [1.165, 1.54) is 12.3 Å². The molecule has 1 aromatic heterocycles. The first-order chi connectivity index (χ1) is 6.95. The zero-order valence-electron chi connectivity index (χ0n) is 9.17. The quantitative estimate of drug-likeness (QED) is 0.827. The molecule has 0 unspecified atom stereocenters. The Labute approximate surface area is 102 Å². The van der Waals surface area contributed by atoms with E-state index >= 15 is 0 Å². The number of halogens is 1. The summed E-state index contributed by atoms with van der Waals surface area (Å²) in [5.41, 5.74) is 6.12. The molecule has 0 radical (unpaired) electrons. The van der Waals surface area contributed by atoms with Crippen LogP contribution in [0.3, 0.4) is 0 Å². The molecule has 0 saturated heterocycles. The lowest BCUT2D eigenvalue weighted by Crippen LogP contribution is -2.37. The van der Waals surface area contributed by atoms with Gasteiger partial charge in [-0.05, 0) is 26.0 Å². The minimum Gasteiger partial charge on any atom is -0.329 e. The van der Waals surface area contributed by atoms with Crippen molar-refractivity contribution in [1.82, 2.24) is 9.71 Å². The van der Waals surface area contributed by atoms with Crippen molar-refractivity contribution in [2.45, 2.75) is 24.8 Å². The Morgan fingerprint density at radius 3 is 2.56 bits per heavy atom. The van der Waals surface area contributed by atoms with E-state index in [4.69, 9.17) is 5.73 Å². The van der Waals surface area contributed by atoms with Crippen molar-refractivity contribution in [2.75, 3.05) is 6.54 Å². The molecule has 0 amide bonds. The monoisotopic (exact) mass is 265 g/mol. The number of hydrogen-bond acceptors (Lipinski definition) is 4. The van der Waals surface area contributed by atoms with Gasteiger partial charge in [-0.3, -0.25) is 4.98 Å². The van der Waals surface area contributed by atoms with Crippen LogP contribution in [0, 0.1) is 6.92 Å². The number of nitrogens with zero attached hydrogens (tertiary/aromatic N) is 1. The molecular weight excluding hydrogens is 250 g/mol. The Morgan fingerprint density at radius 1 is 1.50 bits per heavy atom. The summed E-state index contributed by atoms with van der Waals surface area (Å²) >= 11 is 0. The van der Waals surface area contributed by atoms with Gasteiger partial charge in [0.1, 0.15) is 4.90 Å². The summed E-state index contributed by atoms with van der Waals surface area (Å²) in [6, 6.07) is 2.89. The van der Waals surface area contributed by atoms with Crippen LogP contribution >= 0.6 is 12.4 Å². The third-order valence-electron chi connectivity index (χ3n) is 1.90. The van der Waals surface area contributed by atoms with Crippen LogP contribution in [0.15, 0.2) is 23.2 Å². The third kappa shape index (κ3) is 4.05. The summed E-state index contributed by atoms with van der Waals surface area (Å²) < 4.78 is 25.9. The summed E-state index contributed by atoms with van der Waals surface area (Å²) in [5.74, 6) is 0. The number of aryl methyl sites for hydroxylation is 1. The van der Waals surface area contributed by atoms with Crippen LogP contribution in [0.5, 0.6) is 0 Å². The largest absolute Gasteiger partial charge is 0.329 e. The molecule has 0 fully saturated rings. The highest BCUT2D eigenvalue weighted by molar-refractivity contribution is 7.89. The van der Waals surface area contributed by atoms with Crippen LogP contribution < -0.4 is 10.5 Å². The van der Waals surface area contributed by atoms with Crippen molar-refractivity contribution in [3.63, 3.8) is 0 Å². The van der Waals surface area contributed by atoms with Gasteiger partial charge in [0.15, 0.2) is 0 Å². The summed E-state index contributed by atoms with van der Waals surface area (Å²) in [7, 11) is -3.48. The molecule has 1 atom stereocenters. The minimum atomic E-state index is -3.48. The molecule has 16 heavy (non-hydrogen) atoms. The van der Waals surface area contributed by atoms with E-state index in [0.29, 0.717) is 0 Å². The van der Waals surface area contributed by atoms with Gasteiger partial charge in [0.05, 0.1) is 0 Å². The van der Waals surface area contributed by atoms with Gasteiger partial charge >= 0.3 is 0 Å². The van der Waals surface area contributed by atoms with E-state index in [1.54, 1.807) is 19.9 Å². The van der Waals surface area contributed by atoms with Crippen LogP contribution in [0.25, 0.3) is 0 Å². The highest BCUT2D eigenvalue weighted by atomic mass is 35.5. The van der Waals surface area contributed by atoms with Gasteiger partial charge in [-0.1, -0.05) is 0 Å². The Bertz CT molecular complexity index is 419. The predicted molar refractivity (Wildman–Crippen MR) is 65.1 cm³/mol. The molecule has 0 saturated carbocycles.